The molecule has 0 saturated carbocycles. The van der Waals surface area contributed by atoms with Gasteiger partial charge in [0.2, 0.25) is 23.6 Å². The van der Waals surface area contributed by atoms with Crippen LogP contribution in [0.15, 0.2) is 91.0 Å². The molecule has 0 spiro atoms. The molecule has 6 heterocycles. The number of nitrogens with one attached hydrogen (secondary N) is 4. The van der Waals surface area contributed by atoms with E-state index in [1.54, 1.807) is 9.80 Å². The zero-order chi connectivity index (χ0) is 32.1. The van der Waals surface area contributed by atoms with Crippen LogP contribution in [0.3, 0.4) is 0 Å². The molecule has 3 aromatic carbocycles. The molecule has 9 rings (SSSR count). The lowest BCUT2D eigenvalue weighted by Gasteiger charge is -2.48. The standard InChI is InChI=1S/C37H36N6O4/c1-2-3-15-26-32(46)42-28(30(44)38-26)19-36(22-13-7-9-16-24(22)40-34(36)42)37-20-29-31(45)39-27(18-21-11-5-4-6-12-21)33(47)43(29)35(37)41-25-17-10-8-14-23(25)37/h2-14,16-17,26-29,34-35,40-41H,15,18-20H2,1H3,(H,38,44)(H,39,45)/t26-,27-,28-,29-,34+,35+,36-,37+/m0/s1. The number of benzene rings is 3. The molecule has 3 aromatic rings. The maximum absolute atomic E-state index is 14.6. The predicted octanol–water partition coefficient (Wildman–Crippen LogP) is 2.77. The van der Waals surface area contributed by atoms with Crippen molar-refractivity contribution in [1.82, 2.24) is 20.4 Å². The van der Waals surface area contributed by atoms with Crippen molar-refractivity contribution in [2.24, 2.45) is 0 Å². The van der Waals surface area contributed by atoms with Gasteiger partial charge in [0.15, 0.2) is 0 Å². The van der Waals surface area contributed by atoms with E-state index in [-0.39, 0.29) is 23.6 Å². The second kappa shape index (κ2) is 9.94. The Hall–Kier alpha value is -5.12. The largest absolute Gasteiger partial charge is 0.364 e. The smallest absolute Gasteiger partial charge is 0.247 e. The number of hydrogen-bond donors (Lipinski definition) is 4. The van der Waals surface area contributed by atoms with Crippen molar-refractivity contribution in [3.05, 3.63) is 108 Å². The van der Waals surface area contributed by atoms with E-state index in [9.17, 15) is 19.2 Å². The zero-order valence-electron chi connectivity index (χ0n) is 26.0. The van der Waals surface area contributed by atoms with Gasteiger partial charge in [0.05, 0.1) is 10.8 Å². The van der Waals surface area contributed by atoms with Gasteiger partial charge in [0.1, 0.15) is 36.5 Å². The lowest BCUT2D eigenvalue weighted by atomic mass is 9.54. The molecule has 0 aliphatic carbocycles. The number of para-hydroxylation sites is 2. The molecule has 10 heteroatoms. The zero-order valence-corrected chi connectivity index (χ0v) is 26.0. The Bertz CT molecular complexity index is 1880. The molecule has 0 unspecified atom stereocenters. The maximum atomic E-state index is 14.6. The molecular weight excluding hydrogens is 592 g/mol. The highest BCUT2D eigenvalue weighted by atomic mass is 16.2. The van der Waals surface area contributed by atoms with Crippen LogP contribution in [0.2, 0.25) is 0 Å². The highest BCUT2D eigenvalue weighted by Gasteiger charge is 2.78. The van der Waals surface area contributed by atoms with Crippen LogP contribution in [0.5, 0.6) is 0 Å². The van der Waals surface area contributed by atoms with E-state index in [4.69, 9.17) is 0 Å². The lowest BCUT2D eigenvalue weighted by Crippen LogP contribution is -2.66. The van der Waals surface area contributed by atoms with Crippen molar-refractivity contribution in [1.29, 1.82) is 0 Å². The van der Waals surface area contributed by atoms with E-state index in [1.165, 1.54) is 0 Å². The highest BCUT2D eigenvalue weighted by Crippen LogP contribution is 2.68. The minimum Gasteiger partial charge on any atom is -0.364 e. The number of piperazine rings is 2. The topological polar surface area (TPSA) is 123 Å². The van der Waals surface area contributed by atoms with Crippen molar-refractivity contribution in [2.75, 3.05) is 10.6 Å². The summed E-state index contributed by atoms with van der Waals surface area (Å²) in [5.74, 6) is -0.609. The number of rotatable bonds is 5. The van der Waals surface area contributed by atoms with Crippen molar-refractivity contribution in [2.45, 2.75) is 79.9 Å². The van der Waals surface area contributed by atoms with Crippen LogP contribution in [-0.2, 0) is 36.4 Å². The number of amides is 4. The fraction of sp³-hybridized carbons (Fsp3) is 0.351. The van der Waals surface area contributed by atoms with Gasteiger partial charge in [0.25, 0.3) is 0 Å². The fourth-order valence-corrected chi connectivity index (χ4v) is 9.83. The molecule has 6 aliphatic rings. The van der Waals surface area contributed by atoms with E-state index < -0.39 is 47.3 Å². The Morgan fingerprint density at radius 1 is 0.660 bits per heavy atom. The number of hydrogen-bond acceptors (Lipinski definition) is 6. The minimum atomic E-state index is -0.843. The molecule has 4 amide bonds. The summed E-state index contributed by atoms with van der Waals surface area (Å²) in [4.78, 5) is 60.4. The molecule has 8 atom stereocenters. The average molecular weight is 629 g/mol. The van der Waals surface area contributed by atoms with Crippen LogP contribution in [-0.4, -0.2) is 69.9 Å². The SMILES string of the molecule is CC=CC[C@@H]1NC(=O)[C@@H]2C[C@]3([C@@]45C[C@H]6C(=O)N[C@@H](Cc7ccccc7)C(=O)N6[C@H]4Nc4ccccc45)c4ccccc4N[C@@H]3N2C1=O. The van der Waals surface area contributed by atoms with E-state index in [0.29, 0.717) is 25.7 Å². The summed E-state index contributed by atoms with van der Waals surface area (Å²) in [5, 5.41) is 13.5. The van der Waals surface area contributed by atoms with E-state index >= 15 is 0 Å². The first-order valence-corrected chi connectivity index (χ1v) is 16.5. The number of anilines is 2. The highest BCUT2D eigenvalue weighted by molar-refractivity contribution is 6.01. The maximum Gasteiger partial charge on any atom is 0.247 e. The van der Waals surface area contributed by atoms with Crippen LogP contribution in [0.1, 0.15) is 42.9 Å². The van der Waals surface area contributed by atoms with E-state index in [0.717, 1.165) is 28.1 Å². The first-order chi connectivity index (χ1) is 22.9. The number of allylic oxidation sites excluding steroid dienone is 1. The number of nitrogens with zero attached hydrogens (tertiary/aromatic N) is 2. The van der Waals surface area contributed by atoms with Gasteiger partial charge in [-0.3, -0.25) is 19.2 Å². The molecule has 6 aliphatic heterocycles. The molecule has 0 radical (unpaired) electrons. The Labute approximate surface area is 272 Å². The summed E-state index contributed by atoms with van der Waals surface area (Å²) in [6.45, 7) is 1.90. The summed E-state index contributed by atoms with van der Waals surface area (Å²) >= 11 is 0. The summed E-state index contributed by atoms with van der Waals surface area (Å²) in [6, 6.07) is 23.1. The van der Waals surface area contributed by atoms with Gasteiger partial charge in [-0.2, -0.15) is 0 Å². The average Bonchev–Trinajstić information content (AvgIpc) is 3.79. The van der Waals surface area contributed by atoms with Crippen molar-refractivity contribution >= 4 is 35.0 Å². The molecular formula is C37H36N6O4. The van der Waals surface area contributed by atoms with Gasteiger partial charge >= 0.3 is 0 Å². The van der Waals surface area contributed by atoms with Crippen LogP contribution in [0.25, 0.3) is 0 Å². The summed E-state index contributed by atoms with van der Waals surface area (Å²) in [6.07, 6.45) is 4.15. The van der Waals surface area contributed by atoms with Crippen LogP contribution in [0, 0.1) is 0 Å². The third-order valence-corrected chi connectivity index (χ3v) is 11.6. The van der Waals surface area contributed by atoms with Gasteiger partial charge < -0.3 is 31.1 Å². The lowest BCUT2D eigenvalue weighted by molar-refractivity contribution is -0.149. The summed E-state index contributed by atoms with van der Waals surface area (Å²) in [5.41, 5.74) is 3.09. The number of fused-ring (bicyclic) bond motifs is 11. The van der Waals surface area contributed by atoms with Crippen molar-refractivity contribution in [3.63, 3.8) is 0 Å². The van der Waals surface area contributed by atoms with Gasteiger partial charge in [-0.05, 0) is 55.0 Å². The summed E-state index contributed by atoms with van der Waals surface area (Å²) in [7, 11) is 0. The molecule has 4 saturated heterocycles. The Kier molecular flexibility index (Phi) is 5.95. The molecule has 10 nitrogen and oxygen atoms in total. The predicted molar refractivity (Wildman–Crippen MR) is 175 cm³/mol. The van der Waals surface area contributed by atoms with Crippen LogP contribution >= 0.6 is 0 Å². The van der Waals surface area contributed by atoms with Crippen molar-refractivity contribution < 1.29 is 19.2 Å². The van der Waals surface area contributed by atoms with Crippen molar-refractivity contribution in [3.8, 4) is 0 Å². The van der Waals surface area contributed by atoms with Gasteiger partial charge in [-0.25, -0.2) is 0 Å². The number of carbonyl (C=O) groups is 4. The first-order valence-electron chi connectivity index (χ1n) is 16.5. The Morgan fingerprint density at radius 2 is 1.15 bits per heavy atom. The van der Waals surface area contributed by atoms with Crippen LogP contribution < -0.4 is 21.3 Å². The molecule has 0 bridgehead atoms. The first kappa shape index (κ1) is 28.1. The van der Waals surface area contributed by atoms with Gasteiger partial charge in [-0.15, -0.1) is 0 Å². The third-order valence-electron chi connectivity index (χ3n) is 11.6. The van der Waals surface area contributed by atoms with E-state index in [2.05, 4.69) is 33.4 Å². The monoisotopic (exact) mass is 628 g/mol. The minimum absolute atomic E-state index is 0.125. The Balaban J connectivity index is 1.22. The quantitative estimate of drug-likeness (QED) is 0.323. The second-order valence-corrected chi connectivity index (χ2v) is 13.7. The van der Waals surface area contributed by atoms with E-state index in [1.807, 2.05) is 85.8 Å². The molecule has 47 heavy (non-hydrogen) atoms. The van der Waals surface area contributed by atoms with Gasteiger partial charge in [0, 0.05) is 17.8 Å². The molecule has 4 fully saturated rings. The van der Waals surface area contributed by atoms with Gasteiger partial charge in [-0.1, -0.05) is 78.9 Å². The molecule has 0 aromatic heterocycles. The molecule has 4 N–H and O–H groups in total. The molecule has 238 valence electrons. The number of carbonyl (C=O) groups excluding carboxylic acids is 4. The second-order valence-electron chi connectivity index (χ2n) is 13.7. The summed E-state index contributed by atoms with van der Waals surface area (Å²) < 4.78 is 0. The third kappa shape index (κ3) is 3.55. The normalized spacial score (nSPS) is 34.5. The fourth-order valence-electron chi connectivity index (χ4n) is 9.83. The van der Waals surface area contributed by atoms with Crippen LogP contribution in [0.4, 0.5) is 11.4 Å². The Morgan fingerprint density at radius 3 is 1.70 bits per heavy atom.